The van der Waals surface area contributed by atoms with Crippen LogP contribution in [0.3, 0.4) is 0 Å². The largest absolute Gasteiger partial charge is 0.511 e. The zero-order valence-corrected chi connectivity index (χ0v) is 14.5. The summed E-state index contributed by atoms with van der Waals surface area (Å²) in [5, 5.41) is 8.89. The van der Waals surface area contributed by atoms with E-state index in [0.29, 0.717) is 22.3 Å². The minimum Gasteiger partial charge on any atom is -0.449 e. The monoisotopic (exact) mass is 368 g/mol. The van der Waals surface area contributed by atoms with Crippen LogP contribution in [0.5, 0.6) is 5.75 Å². The molecule has 1 aliphatic carbocycles. The maximum atomic E-state index is 14.4. The minimum absolute atomic E-state index is 0.224. The van der Waals surface area contributed by atoms with Crippen LogP contribution in [-0.2, 0) is 0 Å². The summed E-state index contributed by atoms with van der Waals surface area (Å²) in [6.45, 7) is 1.82. The Bertz CT molecular complexity index is 1150. The molecule has 6 nitrogen and oxygen atoms in total. The second kappa shape index (κ2) is 6.12. The highest BCUT2D eigenvalue weighted by Gasteiger charge is 2.29. The predicted molar refractivity (Wildman–Crippen MR) is 98.8 cm³/mol. The number of carbonyl (C=O) groups is 1. The van der Waals surface area contributed by atoms with Crippen LogP contribution in [0.25, 0.3) is 16.6 Å². The van der Waals surface area contributed by atoms with Crippen molar-refractivity contribution >= 4 is 17.4 Å². The number of pyridine rings is 2. The Morgan fingerprint density at radius 2 is 2.00 bits per heavy atom. The van der Waals surface area contributed by atoms with Gasteiger partial charge in [0, 0.05) is 17.4 Å². The summed E-state index contributed by atoms with van der Waals surface area (Å²) in [7, 11) is 0. The Morgan fingerprint density at radius 1 is 1.26 bits per heavy atom. The van der Waals surface area contributed by atoms with Crippen molar-refractivity contribution in [1.82, 2.24) is 4.40 Å². The fourth-order valence-electron chi connectivity index (χ4n) is 3.49. The number of hydrogen-bond acceptors (Lipinski definition) is 4. The number of benzene rings is 1. The van der Waals surface area contributed by atoms with Crippen molar-refractivity contribution in [1.29, 1.82) is 0 Å². The Morgan fingerprint density at radius 3 is 2.63 bits per heavy atom. The average Bonchev–Trinajstić information content (AvgIpc) is 3.43. The molecule has 2 aromatic heterocycles. The van der Waals surface area contributed by atoms with Crippen LogP contribution in [-0.4, -0.2) is 15.7 Å². The van der Waals surface area contributed by atoms with Gasteiger partial charge in [-0.05, 0) is 72.7 Å². The highest BCUT2D eigenvalue weighted by Crippen LogP contribution is 2.44. The molecule has 1 saturated carbocycles. The van der Waals surface area contributed by atoms with Gasteiger partial charge in [0.2, 0.25) is 0 Å². The Hall–Kier alpha value is -3.35. The van der Waals surface area contributed by atoms with Gasteiger partial charge in [-0.25, -0.2) is 9.18 Å². The number of nitrogen functional groups attached to an aromatic ring is 1. The maximum Gasteiger partial charge on any atom is 0.511 e. The first-order valence-electron chi connectivity index (χ1n) is 8.52. The third-order valence-corrected chi connectivity index (χ3v) is 4.88. The van der Waals surface area contributed by atoms with Gasteiger partial charge in [0.15, 0.2) is 5.75 Å². The van der Waals surface area contributed by atoms with E-state index in [1.54, 1.807) is 18.2 Å². The summed E-state index contributed by atoms with van der Waals surface area (Å²) < 4.78 is 20.5. The molecule has 0 amide bonds. The molecule has 0 spiro atoms. The molecule has 0 saturated heterocycles. The molecular weight excluding hydrogens is 351 g/mol. The van der Waals surface area contributed by atoms with Crippen LogP contribution in [0.4, 0.5) is 14.9 Å². The van der Waals surface area contributed by atoms with E-state index >= 15 is 0 Å². The Kier molecular flexibility index (Phi) is 3.87. The van der Waals surface area contributed by atoms with Crippen molar-refractivity contribution in [2.75, 3.05) is 5.73 Å². The molecule has 138 valence electrons. The second-order valence-electron chi connectivity index (χ2n) is 6.72. The van der Waals surface area contributed by atoms with Gasteiger partial charge in [0.1, 0.15) is 5.82 Å². The van der Waals surface area contributed by atoms with Crippen molar-refractivity contribution in [3.63, 3.8) is 0 Å². The van der Waals surface area contributed by atoms with Gasteiger partial charge in [-0.3, -0.25) is 9.20 Å². The number of carboxylic acid groups (broad SMARTS) is 1. The number of nitrogens with two attached hydrogens (primary N) is 1. The van der Waals surface area contributed by atoms with E-state index in [0.717, 1.165) is 24.0 Å². The van der Waals surface area contributed by atoms with Crippen molar-refractivity contribution in [2.24, 2.45) is 0 Å². The SMILES string of the molecule is Cc1c(-c2ccc(N)cc2F)ccn2c(=O)c(OC(=O)O)cc(C3CC3)c12. The molecule has 2 heterocycles. The number of rotatable bonds is 3. The van der Waals surface area contributed by atoms with E-state index in [1.165, 1.54) is 22.7 Å². The summed E-state index contributed by atoms with van der Waals surface area (Å²) in [5.74, 6) is -0.446. The fourth-order valence-corrected chi connectivity index (χ4v) is 3.49. The van der Waals surface area contributed by atoms with Crippen LogP contribution >= 0.6 is 0 Å². The zero-order valence-electron chi connectivity index (χ0n) is 14.5. The molecule has 0 aliphatic heterocycles. The van der Waals surface area contributed by atoms with E-state index in [-0.39, 0.29) is 11.7 Å². The smallest absolute Gasteiger partial charge is 0.449 e. The van der Waals surface area contributed by atoms with Crippen LogP contribution in [0.2, 0.25) is 0 Å². The van der Waals surface area contributed by atoms with Crippen molar-refractivity contribution in [3.05, 3.63) is 63.8 Å². The number of hydrogen-bond donors (Lipinski definition) is 2. The van der Waals surface area contributed by atoms with E-state index < -0.39 is 17.5 Å². The number of ether oxygens (including phenoxy) is 1. The molecule has 1 fully saturated rings. The number of aromatic nitrogens is 1. The number of aryl methyl sites for hydroxylation is 1. The Labute approximate surface area is 153 Å². The standard InChI is InChI=1S/C20H17FN2O4/c1-10-13(14-5-4-12(22)8-16(14)21)6-7-23-18(10)15(11-2-3-11)9-17(19(23)24)27-20(25)26/h4-9,11H,2-3,22H2,1H3,(H,25,26). The van der Waals surface area contributed by atoms with E-state index in [2.05, 4.69) is 4.74 Å². The fraction of sp³-hybridized carbons (Fsp3) is 0.200. The zero-order chi connectivity index (χ0) is 19.3. The van der Waals surface area contributed by atoms with Crippen molar-refractivity contribution in [3.8, 4) is 16.9 Å². The van der Waals surface area contributed by atoms with Gasteiger partial charge in [-0.2, -0.15) is 0 Å². The lowest BCUT2D eigenvalue weighted by Gasteiger charge is -2.16. The number of anilines is 1. The molecule has 1 aliphatic rings. The molecule has 3 N–H and O–H groups in total. The second-order valence-corrected chi connectivity index (χ2v) is 6.72. The number of halogens is 1. The quantitative estimate of drug-likeness (QED) is 0.540. The first kappa shape index (κ1) is 17.1. The van der Waals surface area contributed by atoms with Crippen molar-refractivity contribution in [2.45, 2.75) is 25.7 Å². The summed E-state index contributed by atoms with van der Waals surface area (Å²) >= 11 is 0. The molecule has 3 aromatic rings. The van der Waals surface area contributed by atoms with Gasteiger partial charge in [0.25, 0.3) is 5.56 Å². The molecule has 0 radical (unpaired) electrons. The first-order chi connectivity index (χ1) is 12.9. The highest BCUT2D eigenvalue weighted by molar-refractivity contribution is 5.79. The molecule has 0 unspecified atom stereocenters. The lowest BCUT2D eigenvalue weighted by molar-refractivity contribution is 0.143. The van der Waals surface area contributed by atoms with Gasteiger partial charge in [0.05, 0.1) is 5.52 Å². The topological polar surface area (TPSA) is 94.0 Å². The van der Waals surface area contributed by atoms with Gasteiger partial charge >= 0.3 is 6.16 Å². The van der Waals surface area contributed by atoms with Gasteiger partial charge in [-0.15, -0.1) is 0 Å². The van der Waals surface area contributed by atoms with Gasteiger partial charge in [-0.1, -0.05) is 0 Å². The van der Waals surface area contributed by atoms with E-state index in [1.807, 2.05) is 6.92 Å². The average molecular weight is 368 g/mol. The molecule has 0 atom stereocenters. The lowest BCUT2D eigenvalue weighted by atomic mass is 9.97. The maximum absolute atomic E-state index is 14.4. The normalized spacial score (nSPS) is 13.7. The van der Waals surface area contributed by atoms with Crippen LogP contribution in [0.15, 0.2) is 41.3 Å². The summed E-state index contributed by atoms with van der Waals surface area (Å²) in [5.41, 5.74) is 8.68. The highest BCUT2D eigenvalue weighted by atomic mass is 19.1. The third-order valence-electron chi connectivity index (χ3n) is 4.88. The minimum atomic E-state index is -1.54. The van der Waals surface area contributed by atoms with Crippen LogP contribution in [0, 0.1) is 12.7 Å². The third kappa shape index (κ3) is 2.91. The predicted octanol–water partition coefficient (Wildman–Crippen LogP) is 3.93. The Balaban J connectivity index is 2.01. The van der Waals surface area contributed by atoms with E-state index in [4.69, 9.17) is 10.8 Å². The molecule has 1 aromatic carbocycles. The molecule has 4 rings (SSSR count). The first-order valence-corrected chi connectivity index (χ1v) is 8.52. The van der Waals surface area contributed by atoms with Gasteiger partial charge < -0.3 is 15.6 Å². The van der Waals surface area contributed by atoms with Crippen LogP contribution in [0.1, 0.15) is 29.9 Å². The molecule has 27 heavy (non-hydrogen) atoms. The lowest BCUT2D eigenvalue weighted by Crippen LogP contribution is -2.20. The number of nitrogens with zero attached hydrogens (tertiary/aromatic N) is 1. The van der Waals surface area contributed by atoms with E-state index in [9.17, 15) is 14.0 Å². The summed E-state index contributed by atoms with van der Waals surface area (Å²) in [6.07, 6.45) is 1.88. The van der Waals surface area contributed by atoms with Crippen LogP contribution < -0.4 is 16.0 Å². The molecule has 0 bridgehead atoms. The summed E-state index contributed by atoms with van der Waals surface area (Å²) in [4.78, 5) is 23.6. The summed E-state index contributed by atoms with van der Waals surface area (Å²) in [6, 6.07) is 7.63. The number of fused-ring (bicyclic) bond motifs is 1. The van der Waals surface area contributed by atoms with Crippen molar-refractivity contribution < 1.29 is 19.0 Å². The molecular formula is C20H17FN2O4. The molecule has 7 heteroatoms.